The third-order valence-corrected chi connectivity index (χ3v) is 6.80. The number of hydrogen-bond acceptors (Lipinski definition) is 3. The number of rotatable bonds is 4. The molecule has 1 aromatic rings. The topological polar surface area (TPSA) is 72.2 Å². The van der Waals surface area contributed by atoms with Crippen molar-refractivity contribution in [3.05, 3.63) is 27.7 Å². The van der Waals surface area contributed by atoms with Gasteiger partial charge in [0.2, 0.25) is 10.0 Å². The lowest BCUT2D eigenvalue weighted by molar-refractivity contribution is 0.476. The lowest BCUT2D eigenvalue weighted by Gasteiger charge is -2.19. The molecule has 1 aromatic carbocycles. The predicted molar refractivity (Wildman–Crippen MR) is 83.9 cm³/mol. The summed E-state index contributed by atoms with van der Waals surface area (Å²) in [7, 11) is -3.51. The largest absolute Gasteiger partial charge is 0.326 e. The highest BCUT2D eigenvalue weighted by molar-refractivity contribution is 9.10. The van der Waals surface area contributed by atoms with Crippen molar-refractivity contribution in [2.75, 3.05) is 0 Å². The second-order valence-electron chi connectivity index (χ2n) is 5.56. The number of benzene rings is 1. The molecule has 0 spiro atoms. The summed E-state index contributed by atoms with van der Waals surface area (Å²) < 4.78 is 28.6. The van der Waals surface area contributed by atoms with Gasteiger partial charge in [-0.3, -0.25) is 0 Å². The van der Waals surface area contributed by atoms with Crippen molar-refractivity contribution in [1.82, 2.24) is 4.72 Å². The first-order valence-electron chi connectivity index (χ1n) is 6.86. The number of nitrogens with one attached hydrogen (secondary N) is 1. The lowest BCUT2D eigenvalue weighted by Crippen LogP contribution is -2.36. The van der Waals surface area contributed by atoms with Crippen LogP contribution in [0.5, 0.6) is 0 Å². The Morgan fingerprint density at radius 3 is 2.65 bits per heavy atom. The Hall–Kier alpha value is -0.430. The molecule has 20 heavy (non-hydrogen) atoms. The van der Waals surface area contributed by atoms with E-state index in [0.29, 0.717) is 16.9 Å². The number of halogens is 1. The number of hydrogen-bond donors (Lipinski definition) is 2. The number of aryl methyl sites for hydroxylation is 1. The first-order valence-corrected chi connectivity index (χ1v) is 9.14. The smallest absolute Gasteiger partial charge is 0.241 e. The fourth-order valence-electron chi connectivity index (χ4n) is 2.71. The molecule has 0 heterocycles. The molecule has 1 aliphatic carbocycles. The van der Waals surface area contributed by atoms with Crippen LogP contribution in [0.1, 0.15) is 37.3 Å². The Labute approximate surface area is 129 Å². The fraction of sp³-hybridized carbons (Fsp3) is 0.571. The van der Waals surface area contributed by atoms with E-state index in [1.807, 2.05) is 13.0 Å². The molecule has 0 amide bonds. The van der Waals surface area contributed by atoms with Crippen LogP contribution in [0.15, 0.2) is 21.5 Å². The van der Waals surface area contributed by atoms with Crippen LogP contribution in [-0.2, 0) is 16.6 Å². The zero-order valence-electron chi connectivity index (χ0n) is 11.8. The highest BCUT2D eigenvalue weighted by Gasteiger charge is 2.29. The van der Waals surface area contributed by atoms with Gasteiger partial charge in [0, 0.05) is 17.1 Å². The molecule has 6 heteroatoms. The van der Waals surface area contributed by atoms with Crippen LogP contribution in [0, 0.1) is 12.8 Å². The maximum absolute atomic E-state index is 12.6. The lowest BCUT2D eigenvalue weighted by atomic mass is 10.1. The molecule has 1 saturated carbocycles. The SMILES string of the molecule is Cc1cc(CN)cc(S(=O)(=O)NC2CCCC2C)c1Br. The zero-order valence-corrected chi connectivity index (χ0v) is 14.2. The van der Waals surface area contributed by atoms with Gasteiger partial charge in [-0.05, 0) is 58.8 Å². The Bertz CT molecular complexity index is 601. The minimum atomic E-state index is -3.51. The molecule has 1 aliphatic rings. The van der Waals surface area contributed by atoms with Gasteiger partial charge in [0.1, 0.15) is 0 Å². The van der Waals surface area contributed by atoms with Crippen molar-refractivity contribution in [1.29, 1.82) is 0 Å². The van der Waals surface area contributed by atoms with Crippen LogP contribution in [0.4, 0.5) is 0 Å². The summed E-state index contributed by atoms with van der Waals surface area (Å²) in [6.45, 7) is 4.30. The molecule has 0 bridgehead atoms. The van der Waals surface area contributed by atoms with Gasteiger partial charge in [0.25, 0.3) is 0 Å². The van der Waals surface area contributed by atoms with Gasteiger partial charge < -0.3 is 5.73 Å². The Morgan fingerprint density at radius 2 is 2.10 bits per heavy atom. The van der Waals surface area contributed by atoms with Crippen LogP contribution < -0.4 is 10.5 Å². The van der Waals surface area contributed by atoms with Crippen molar-refractivity contribution in [3.8, 4) is 0 Å². The monoisotopic (exact) mass is 360 g/mol. The van der Waals surface area contributed by atoms with Crippen LogP contribution in [0.2, 0.25) is 0 Å². The molecule has 0 saturated heterocycles. The third-order valence-electron chi connectivity index (χ3n) is 3.97. The molecule has 2 unspecified atom stereocenters. The summed E-state index contributed by atoms with van der Waals surface area (Å²) in [6.07, 6.45) is 3.07. The quantitative estimate of drug-likeness (QED) is 0.866. The van der Waals surface area contributed by atoms with Gasteiger partial charge >= 0.3 is 0 Å². The average molecular weight is 361 g/mol. The maximum Gasteiger partial charge on any atom is 0.241 e. The van der Waals surface area contributed by atoms with E-state index in [4.69, 9.17) is 5.73 Å². The average Bonchev–Trinajstić information content (AvgIpc) is 2.77. The molecule has 2 atom stereocenters. The van der Waals surface area contributed by atoms with Crippen molar-refractivity contribution in [3.63, 3.8) is 0 Å². The Balaban J connectivity index is 2.36. The molecular weight excluding hydrogens is 340 g/mol. The van der Waals surface area contributed by atoms with Crippen LogP contribution >= 0.6 is 15.9 Å². The van der Waals surface area contributed by atoms with E-state index in [1.165, 1.54) is 0 Å². The molecule has 4 nitrogen and oxygen atoms in total. The third kappa shape index (κ3) is 3.24. The van der Waals surface area contributed by atoms with Gasteiger partial charge in [0.05, 0.1) is 4.90 Å². The normalized spacial score (nSPS) is 23.2. The molecule has 112 valence electrons. The van der Waals surface area contributed by atoms with Crippen LogP contribution in [0.25, 0.3) is 0 Å². The Kier molecular flexibility index (Phi) is 4.89. The molecule has 0 aliphatic heterocycles. The first kappa shape index (κ1) is 15.9. The van der Waals surface area contributed by atoms with Crippen molar-refractivity contribution in [2.45, 2.75) is 50.6 Å². The van der Waals surface area contributed by atoms with E-state index in [2.05, 4.69) is 27.6 Å². The van der Waals surface area contributed by atoms with E-state index in [0.717, 1.165) is 30.4 Å². The summed E-state index contributed by atoms with van der Waals surface area (Å²) >= 11 is 3.38. The Morgan fingerprint density at radius 1 is 1.40 bits per heavy atom. The molecule has 1 fully saturated rings. The zero-order chi connectivity index (χ0) is 14.9. The molecule has 3 N–H and O–H groups in total. The van der Waals surface area contributed by atoms with Crippen LogP contribution in [0.3, 0.4) is 0 Å². The van der Waals surface area contributed by atoms with E-state index in [-0.39, 0.29) is 10.9 Å². The van der Waals surface area contributed by atoms with E-state index >= 15 is 0 Å². The van der Waals surface area contributed by atoms with Crippen LogP contribution in [-0.4, -0.2) is 14.5 Å². The highest BCUT2D eigenvalue weighted by atomic mass is 79.9. The highest BCUT2D eigenvalue weighted by Crippen LogP contribution is 2.30. The summed E-state index contributed by atoms with van der Waals surface area (Å²) in [6, 6.07) is 3.59. The van der Waals surface area contributed by atoms with Crippen molar-refractivity contribution < 1.29 is 8.42 Å². The number of nitrogens with two attached hydrogens (primary N) is 1. The standard InChI is InChI=1S/C14H21BrN2O2S/c1-9-4-3-5-12(9)17-20(18,19)13-7-11(8-16)6-10(2)14(13)15/h6-7,9,12,17H,3-5,8,16H2,1-2H3. The first-order chi connectivity index (χ1) is 9.35. The summed E-state index contributed by atoms with van der Waals surface area (Å²) in [4.78, 5) is 0.289. The molecule has 0 aromatic heterocycles. The second kappa shape index (κ2) is 6.13. The second-order valence-corrected chi connectivity index (χ2v) is 8.04. The molecule has 0 radical (unpaired) electrons. The summed E-state index contributed by atoms with van der Waals surface area (Å²) in [5, 5.41) is 0. The van der Waals surface area contributed by atoms with Gasteiger partial charge in [-0.25, -0.2) is 13.1 Å². The van der Waals surface area contributed by atoms with Gasteiger partial charge in [-0.2, -0.15) is 0 Å². The van der Waals surface area contributed by atoms with Gasteiger partial charge in [-0.1, -0.05) is 19.4 Å². The summed E-state index contributed by atoms with van der Waals surface area (Å²) in [5.74, 6) is 0.391. The molecule has 2 rings (SSSR count). The predicted octanol–water partition coefficient (Wildman–Crippen LogP) is 2.68. The van der Waals surface area contributed by atoms with E-state index in [9.17, 15) is 8.42 Å². The van der Waals surface area contributed by atoms with E-state index < -0.39 is 10.0 Å². The fourth-order valence-corrected chi connectivity index (χ4v) is 5.15. The minimum Gasteiger partial charge on any atom is -0.326 e. The van der Waals surface area contributed by atoms with Crippen molar-refractivity contribution >= 4 is 26.0 Å². The minimum absolute atomic E-state index is 0.0359. The summed E-state index contributed by atoms with van der Waals surface area (Å²) in [5.41, 5.74) is 7.34. The van der Waals surface area contributed by atoms with E-state index in [1.54, 1.807) is 6.07 Å². The van der Waals surface area contributed by atoms with Gasteiger partial charge in [-0.15, -0.1) is 0 Å². The van der Waals surface area contributed by atoms with Crippen molar-refractivity contribution in [2.24, 2.45) is 11.7 Å². The van der Waals surface area contributed by atoms with Gasteiger partial charge in [0.15, 0.2) is 0 Å². The molecular formula is C14H21BrN2O2S. The number of sulfonamides is 1. The maximum atomic E-state index is 12.6.